The molecule has 13 heavy (non-hydrogen) atoms. The number of hydrogen-bond acceptors (Lipinski definition) is 3. The van der Waals surface area contributed by atoms with Gasteiger partial charge in [0.05, 0.1) is 0 Å². The van der Waals surface area contributed by atoms with E-state index in [9.17, 15) is 9.36 Å². The largest absolute Gasteiger partial charge is 0.470 e. The van der Waals surface area contributed by atoms with Gasteiger partial charge in [0.1, 0.15) is 6.61 Å². The normalized spacial score (nSPS) is 13.0. The van der Waals surface area contributed by atoms with Crippen molar-refractivity contribution >= 4 is 13.6 Å². The predicted molar refractivity (Wildman–Crippen MR) is 47.1 cm³/mol. The molecule has 0 heterocycles. The van der Waals surface area contributed by atoms with Crippen molar-refractivity contribution in [2.24, 2.45) is 5.41 Å². The zero-order valence-electron chi connectivity index (χ0n) is 7.98. The number of rotatable bonds is 4. The Bertz CT molecular complexity index is 224. The van der Waals surface area contributed by atoms with Crippen molar-refractivity contribution in [2.75, 3.05) is 6.61 Å². The third kappa shape index (κ3) is 9.70. The molecule has 5 nitrogen and oxygen atoms in total. The molecule has 0 bridgehead atoms. The van der Waals surface area contributed by atoms with Crippen LogP contribution in [0, 0.1) is 5.41 Å². The van der Waals surface area contributed by atoms with E-state index in [1.165, 1.54) is 0 Å². The average Bonchev–Trinajstić information content (AvgIpc) is 1.78. The molecule has 0 aliphatic heterocycles. The number of phosphoric ester groups is 1. The van der Waals surface area contributed by atoms with Gasteiger partial charge in [-0.25, -0.2) is 4.57 Å². The highest BCUT2D eigenvalue weighted by molar-refractivity contribution is 7.46. The molecule has 0 aliphatic carbocycles. The Morgan fingerprint density at radius 1 is 1.38 bits per heavy atom. The predicted octanol–water partition coefficient (Wildman–Crippen LogP) is 1.10. The third-order valence-electron chi connectivity index (χ3n) is 1.12. The van der Waals surface area contributed by atoms with Crippen LogP contribution >= 0.6 is 7.82 Å². The fraction of sp³-hybridized carbons (Fsp3) is 0.857. The van der Waals surface area contributed by atoms with Crippen molar-refractivity contribution in [2.45, 2.75) is 27.2 Å². The molecule has 0 amide bonds. The number of carbonyl (C=O) groups excluding carboxylic acids is 1. The Balaban J connectivity index is 3.85. The van der Waals surface area contributed by atoms with Crippen LogP contribution in [0.3, 0.4) is 0 Å². The van der Waals surface area contributed by atoms with Crippen LogP contribution in [-0.4, -0.2) is 22.2 Å². The fourth-order valence-electron chi connectivity index (χ4n) is 0.799. The van der Waals surface area contributed by atoms with E-state index in [2.05, 4.69) is 4.52 Å². The first-order valence-corrected chi connectivity index (χ1v) is 5.35. The summed E-state index contributed by atoms with van der Waals surface area (Å²) in [6.45, 7) is 5.06. The van der Waals surface area contributed by atoms with Gasteiger partial charge >= 0.3 is 7.82 Å². The van der Waals surface area contributed by atoms with Crippen molar-refractivity contribution in [3.8, 4) is 0 Å². The van der Waals surface area contributed by atoms with Gasteiger partial charge in [-0.15, -0.1) is 0 Å². The highest BCUT2D eigenvalue weighted by Gasteiger charge is 2.20. The number of carbonyl (C=O) groups is 1. The minimum Gasteiger partial charge on any atom is -0.303 e. The SMILES string of the molecule is CC(C)(C)CC(=O)COP(=O)(O)O. The average molecular weight is 210 g/mol. The van der Waals surface area contributed by atoms with Crippen LogP contribution in [0.25, 0.3) is 0 Å². The second-order valence-corrected chi connectivity index (χ2v) is 5.28. The molecule has 0 unspecified atom stereocenters. The standard InChI is InChI=1S/C7H15O5P/c1-7(2,3)4-6(8)5-12-13(9,10)11/h4-5H2,1-3H3,(H2,9,10,11). The second kappa shape index (κ2) is 4.33. The molecule has 0 rings (SSSR count). The molecular weight excluding hydrogens is 195 g/mol. The van der Waals surface area contributed by atoms with Crippen LogP contribution < -0.4 is 0 Å². The first-order chi connectivity index (χ1) is 5.60. The molecule has 78 valence electrons. The van der Waals surface area contributed by atoms with Gasteiger partial charge in [0, 0.05) is 6.42 Å². The summed E-state index contributed by atoms with van der Waals surface area (Å²) in [7, 11) is -4.51. The maximum absolute atomic E-state index is 11.0. The van der Waals surface area contributed by atoms with E-state index in [1.54, 1.807) is 0 Å². The third-order valence-corrected chi connectivity index (χ3v) is 1.59. The Morgan fingerprint density at radius 2 is 1.85 bits per heavy atom. The maximum atomic E-state index is 11.0. The number of Topliss-reactive ketones (excluding diaryl/α,β-unsaturated/α-hetero) is 1. The molecule has 0 fully saturated rings. The van der Waals surface area contributed by atoms with E-state index in [1.807, 2.05) is 20.8 Å². The quantitative estimate of drug-likeness (QED) is 0.679. The second-order valence-electron chi connectivity index (χ2n) is 4.04. The molecule has 0 spiro atoms. The van der Waals surface area contributed by atoms with Crippen molar-refractivity contribution in [3.63, 3.8) is 0 Å². The van der Waals surface area contributed by atoms with E-state index >= 15 is 0 Å². The van der Waals surface area contributed by atoms with Crippen molar-refractivity contribution in [1.82, 2.24) is 0 Å². The van der Waals surface area contributed by atoms with E-state index in [-0.39, 0.29) is 17.6 Å². The summed E-state index contributed by atoms with van der Waals surface area (Å²) in [5.41, 5.74) is -0.185. The lowest BCUT2D eigenvalue weighted by Crippen LogP contribution is -2.16. The van der Waals surface area contributed by atoms with E-state index < -0.39 is 14.4 Å². The van der Waals surface area contributed by atoms with Gasteiger partial charge in [-0.05, 0) is 5.41 Å². The van der Waals surface area contributed by atoms with Gasteiger partial charge in [-0.1, -0.05) is 20.8 Å². The summed E-state index contributed by atoms with van der Waals surface area (Å²) >= 11 is 0. The van der Waals surface area contributed by atoms with Crippen molar-refractivity contribution < 1.29 is 23.7 Å². The zero-order chi connectivity index (χ0) is 10.7. The fourth-order valence-corrected chi connectivity index (χ4v) is 1.11. The van der Waals surface area contributed by atoms with Crippen LogP contribution in [0.4, 0.5) is 0 Å². The molecule has 0 atom stereocenters. The van der Waals surface area contributed by atoms with E-state index in [4.69, 9.17) is 9.79 Å². The molecule has 0 aliphatic rings. The molecule has 0 radical (unpaired) electrons. The van der Waals surface area contributed by atoms with Crippen LogP contribution in [0.1, 0.15) is 27.2 Å². The van der Waals surface area contributed by atoms with Crippen LogP contribution in [0.15, 0.2) is 0 Å². The van der Waals surface area contributed by atoms with Crippen molar-refractivity contribution in [3.05, 3.63) is 0 Å². The monoisotopic (exact) mass is 210 g/mol. The summed E-state index contributed by atoms with van der Waals surface area (Å²) in [5.74, 6) is -0.309. The molecule has 2 N–H and O–H groups in total. The Hall–Kier alpha value is -0.220. The van der Waals surface area contributed by atoms with Crippen molar-refractivity contribution in [1.29, 1.82) is 0 Å². The smallest absolute Gasteiger partial charge is 0.303 e. The summed E-state index contributed by atoms with van der Waals surface area (Å²) < 4.78 is 14.3. The summed E-state index contributed by atoms with van der Waals surface area (Å²) in [6.07, 6.45) is 0.243. The molecule has 0 saturated carbocycles. The first-order valence-electron chi connectivity index (χ1n) is 3.82. The van der Waals surface area contributed by atoms with Crippen LogP contribution in [-0.2, 0) is 13.9 Å². The lowest BCUT2D eigenvalue weighted by atomic mass is 9.90. The van der Waals surface area contributed by atoms with E-state index in [0.717, 1.165) is 0 Å². The Morgan fingerprint density at radius 3 is 2.15 bits per heavy atom. The summed E-state index contributed by atoms with van der Waals surface area (Å²) in [5, 5.41) is 0. The van der Waals surface area contributed by atoms with Gasteiger partial charge < -0.3 is 9.79 Å². The molecule has 0 aromatic carbocycles. The van der Waals surface area contributed by atoms with Gasteiger partial charge in [-0.3, -0.25) is 9.32 Å². The molecule has 0 aromatic rings. The minimum atomic E-state index is -4.51. The Labute approximate surface area is 77.3 Å². The number of ketones is 1. The van der Waals surface area contributed by atoms with Gasteiger partial charge in [0.15, 0.2) is 5.78 Å². The topological polar surface area (TPSA) is 83.8 Å². The summed E-state index contributed by atoms with van der Waals surface area (Å²) in [4.78, 5) is 27.6. The molecule has 0 aromatic heterocycles. The number of phosphoric acid groups is 1. The lowest BCUT2D eigenvalue weighted by molar-refractivity contribution is -0.123. The highest BCUT2D eigenvalue weighted by atomic mass is 31.2. The minimum absolute atomic E-state index is 0.185. The van der Waals surface area contributed by atoms with Gasteiger partial charge in [0.2, 0.25) is 0 Å². The maximum Gasteiger partial charge on any atom is 0.470 e. The molecule has 6 heteroatoms. The molecular formula is C7H15O5P. The van der Waals surface area contributed by atoms with Gasteiger partial charge in [0.25, 0.3) is 0 Å². The van der Waals surface area contributed by atoms with Crippen LogP contribution in [0.2, 0.25) is 0 Å². The van der Waals surface area contributed by atoms with Gasteiger partial charge in [-0.2, -0.15) is 0 Å². The zero-order valence-corrected chi connectivity index (χ0v) is 8.88. The molecule has 0 saturated heterocycles. The first kappa shape index (κ1) is 12.8. The lowest BCUT2D eigenvalue weighted by Gasteiger charge is -2.16. The number of hydrogen-bond donors (Lipinski definition) is 2. The Kier molecular flexibility index (Phi) is 4.26. The van der Waals surface area contributed by atoms with Crippen LogP contribution in [0.5, 0.6) is 0 Å². The summed E-state index contributed by atoms with van der Waals surface area (Å²) in [6, 6.07) is 0. The van der Waals surface area contributed by atoms with E-state index in [0.29, 0.717) is 0 Å². The highest BCUT2D eigenvalue weighted by Crippen LogP contribution is 2.35.